The van der Waals surface area contributed by atoms with Crippen LogP contribution < -0.4 is 5.32 Å². The molecule has 1 aromatic carbocycles. The maximum Gasteiger partial charge on any atom is 0.333 e. The number of rotatable bonds is 6. The van der Waals surface area contributed by atoms with Crippen molar-refractivity contribution in [3.8, 4) is 12.3 Å². The smallest absolute Gasteiger partial charge is 0.333 e. The summed E-state index contributed by atoms with van der Waals surface area (Å²) in [6.45, 7) is 4.34. The van der Waals surface area contributed by atoms with E-state index in [4.69, 9.17) is 16.0 Å². The second-order valence-electron chi connectivity index (χ2n) is 12.3. The molecule has 7 atom stereocenters. The number of fused-ring (bicyclic) bond motifs is 5. The Balaban J connectivity index is 1.22. The number of nitrogens with zero attached hydrogens (tertiary/aromatic N) is 1. The lowest BCUT2D eigenvalue weighted by atomic mass is 9.46. The number of allylic oxidation sites excluding steroid dienone is 2. The fourth-order valence-electron chi connectivity index (χ4n) is 8.31. The second-order valence-corrected chi connectivity index (χ2v) is 12.3. The number of hydrogen-bond donors (Lipinski definition) is 2. The van der Waals surface area contributed by atoms with Gasteiger partial charge in [-0.25, -0.2) is 4.79 Å². The Kier molecular flexibility index (Phi) is 7.37. The summed E-state index contributed by atoms with van der Waals surface area (Å²) in [6.07, 6.45) is 15.7. The molecular formula is C32H40N2O5. The minimum atomic E-state index is -0.979. The Morgan fingerprint density at radius 3 is 2.59 bits per heavy atom. The van der Waals surface area contributed by atoms with Crippen molar-refractivity contribution in [2.45, 2.75) is 76.9 Å². The molecule has 1 aromatic rings. The van der Waals surface area contributed by atoms with Gasteiger partial charge in [-0.2, -0.15) is 0 Å². The molecule has 0 aromatic heterocycles. The van der Waals surface area contributed by atoms with Crippen LogP contribution in [0.4, 0.5) is 0 Å². The van der Waals surface area contributed by atoms with Crippen LogP contribution in [0.15, 0.2) is 47.1 Å². The van der Waals surface area contributed by atoms with Gasteiger partial charge in [0.15, 0.2) is 12.6 Å². The number of aliphatic hydroxyl groups is 1. The molecule has 3 fully saturated rings. The van der Waals surface area contributed by atoms with Crippen LogP contribution in [0.3, 0.4) is 0 Å². The van der Waals surface area contributed by atoms with Crippen molar-refractivity contribution in [1.29, 1.82) is 0 Å². The fraction of sp³-hybridized carbons (Fsp3) is 0.594. The molecule has 1 amide bonds. The fourth-order valence-corrected chi connectivity index (χ4v) is 8.31. The molecular weight excluding hydrogens is 492 g/mol. The van der Waals surface area contributed by atoms with E-state index in [0.717, 1.165) is 50.7 Å². The number of hydrogen-bond acceptors (Lipinski definition) is 6. The van der Waals surface area contributed by atoms with Gasteiger partial charge in [0.1, 0.15) is 5.60 Å². The number of esters is 1. The van der Waals surface area contributed by atoms with Crippen LogP contribution in [0.5, 0.6) is 0 Å². The molecule has 0 radical (unpaired) electrons. The van der Waals surface area contributed by atoms with Gasteiger partial charge in [-0.15, -0.1) is 6.42 Å². The van der Waals surface area contributed by atoms with Crippen LogP contribution in [0.1, 0.15) is 76.8 Å². The lowest BCUT2D eigenvalue weighted by Gasteiger charge is -2.58. The molecule has 4 aliphatic carbocycles. The van der Waals surface area contributed by atoms with Crippen molar-refractivity contribution in [2.24, 2.45) is 33.7 Å². The van der Waals surface area contributed by atoms with Crippen molar-refractivity contribution in [3.63, 3.8) is 0 Å². The summed E-state index contributed by atoms with van der Waals surface area (Å²) in [5.74, 6) is 3.41. The molecule has 0 saturated heterocycles. The van der Waals surface area contributed by atoms with Crippen LogP contribution in [0.25, 0.3) is 0 Å². The Labute approximate surface area is 231 Å². The first-order chi connectivity index (χ1) is 18.6. The minimum absolute atomic E-state index is 0.112. The lowest BCUT2D eigenvalue weighted by Crippen LogP contribution is -2.54. The molecule has 5 rings (SSSR count). The monoisotopic (exact) mass is 532 g/mol. The van der Waals surface area contributed by atoms with Crippen molar-refractivity contribution in [3.05, 3.63) is 47.5 Å². The standard InChI is InChI=1S/C32H40N2O5/c1-5-32(37)18-15-26-24-12-11-22-19-23(13-16-30(22,2)25(24)14-17-31(26,32)3)34-39-20-27(35)33-28(29(36)38-4)21-9-7-6-8-10-21/h1,6-10,19,24-26,28,37H,11-18,20H2,2-4H3,(H,33,35)/b34-23+/t24-,25+,26+,28+,30-,31-,32-/m0/s1. The number of terminal acetylenes is 1. The van der Waals surface area contributed by atoms with Crippen molar-refractivity contribution < 1.29 is 24.3 Å². The minimum Gasteiger partial charge on any atom is -0.467 e. The van der Waals surface area contributed by atoms with Crippen LogP contribution in [0, 0.1) is 40.9 Å². The van der Waals surface area contributed by atoms with E-state index in [1.165, 1.54) is 12.7 Å². The molecule has 0 aliphatic heterocycles. The normalized spacial score (nSPS) is 36.8. The van der Waals surface area contributed by atoms with Crippen molar-refractivity contribution >= 4 is 17.6 Å². The highest BCUT2D eigenvalue weighted by atomic mass is 16.6. The predicted octanol–water partition coefficient (Wildman–Crippen LogP) is 4.72. The number of carbonyl (C=O) groups is 2. The zero-order chi connectivity index (χ0) is 27.8. The van der Waals surface area contributed by atoms with E-state index in [-0.39, 0.29) is 17.4 Å². The highest BCUT2D eigenvalue weighted by Crippen LogP contribution is 2.67. The molecule has 2 N–H and O–H groups in total. The van der Waals surface area contributed by atoms with Gasteiger partial charge < -0.3 is 20.0 Å². The summed E-state index contributed by atoms with van der Waals surface area (Å²) < 4.78 is 4.86. The van der Waals surface area contributed by atoms with Crippen molar-refractivity contribution in [2.75, 3.05) is 13.7 Å². The molecule has 0 bridgehead atoms. The van der Waals surface area contributed by atoms with Crippen LogP contribution in [-0.4, -0.2) is 42.0 Å². The maximum absolute atomic E-state index is 12.6. The molecule has 7 heteroatoms. The van der Waals surface area contributed by atoms with E-state index in [1.54, 1.807) is 24.3 Å². The SMILES string of the molecule is C#C[C@]1(O)CC[C@@H]2[C@H]3CCC4=C/C(=N/OCC(=O)N[C@@H](C(=O)OC)c5ccccc5)CC[C@]4(C)[C@@H]3CC[C@@]21C. The number of carbonyl (C=O) groups excluding carboxylic acids is 2. The number of ether oxygens (including phenoxy) is 1. The molecule has 39 heavy (non-hydrogen) atoms. The summed E-state index contributed by atoms with van der Waals surface area (Å²) >= 11 is 0. The third kappa shape index (κ3) is 4.67. The van der Waals surface area contributed by atoms with E-state index in [0.29, 0.717) is 29.7 Å². The number of amides is 1. The zero-order valence-corrected chi connectivity index (χ0v) is 23.2. The summed E-state index contributed by atoms with van der Waals surface area (Å²) in [6, 6.07) is 8.06. The summed E-state index contributed by atoms with van der Waals surface area (Å²) in [7, 11) is 1.29. The van der Waals surface area contributed by atoms with Gasteiger partial charge >= 0.3 is 5.97 Å². The van der Waals surface area contributed by atoms with E-state index in [9.17, 15) is 14.7 Å². The Morgan fingerprint density at radius 1 is 1.13 bits per heavy atom. The molecule has 0 spiro atoms. The number of methoxy groups -OCH3 is 1. The number of benzene rings is 1. The number of nitrogens with one attached hydrogen (secondary N) is 1. The Hall–Kier alpha value is -3.11. The Morgan fingerprint density at radius 2 is 1.87 bits per heavy atom. The average Bonchev–Trinajstić information content (AvgIpc) is 3.22. The zero-order valence-electron chi connectivity index (χ0n) is 23.2. The van der Waals surface area contributed by atoms with Crippen LogP contribution in [0.2, 0.25) is 0 Å². The van der Waals surface area contributed by atoms with Crippen LogP contribution >= 0.6 is 0 Å². The molecule has 0 unspecified atom stereocenters. The molecule has 3 saturated carbocycles. The summed E-state index contributed by atoms with van der Waals surface area (Å²) in [5.41, 5.74) is 1.86. The average molecular weight is 533 g/mol. The Bertz CT molecular complexity index is 1220. The van der Waals surface area contributed by atoms with E-state index in [1.807, 2.05) is 6.07 Å². The molecule has 0 heterocycles. The lowest BCUT2D eigenvalue weighted by molar-refractivity contribution is -0.145. The van der Waals surface area contributed by atoms with Gasteiger partial charge in [-0.3, -0.25) is 4.79 Å². The predicted molar refractivity (Wildman–Crippen MR) is 148 cm³/mol. The van der Waals surface area contributed by atoms with Crippen molar-refractivity contribution in [1.82, 2.24) is 5.32 Å². The van der Waals surface area contributed by atoms with E-state index < -0.39 is 23.5 Å². The largest absolute Gasteiger partial charge is 0.467 e. The molecule has 208 valence electrons. The first kappa shape index (κ1) is 27.5. The van der Waals surface area contributed by atoms with Gasteiger partial charge in [0.2, 0.25) is 0 Å². The van der Waals surface area contributed by atoms with E-state index in [2.05, 4.69) is 36.3 Å². The highest BCUT2D eigenvalue weighted by Gasteiger charge is 2.63. The van der Waals surface area contributed by atoms with E-state index >= 15 is 0 Å². The third-order valence-electron chi connectivity index (χ3n) is 10.6. The maximum atomic E-state index is 12.6. The first-order valence-electron chi connectivity index (χ1n) is 14.2. The van der Waals surface area contributed by atoms with Gasteiger partial charge in [0, 0.05) is 5.41 Å². The quantitative estimate of drug-likeness (QED) is 0.314. The third-order valence-corrected chi connectivity index (χ3v) is 10.6. The van der Waals surface area contributed by atoms with Gasteiger partial charge in [-0.05, 0) is 86.2 Å². The van der Waals surface area contributed by atoms with Gasteiger partial charge in [-0.1, -0.05) is 60.8 Å². The first-order valence-corrected chi connectivity index (χ1v) is 14.2. The summed E-state index contributed by atoms with van der Waals surface area (Å²) in [4.78, 5) is 30.2. The van der Waals surface area contributed by atoms with Gasteiger partial charge in [0.25, 0.3) is 5.91 Å². The topological polar surface area (TPSA) is 97.2 Å². The van der Waals surface area contributed by atoms with Gasteiger partial charge in [0.05, 0.1) is 12.8 Å². The number of oxime groups is 1. The molecule has 7 nitrogen and oxygen atoms in total. The highest BCUT2D eigenvalue weighted by molar-refractivity contribution is 5.96. The molecule has 4 aliphatic rings. The second kappa shape index (κ2) is 10.5. The van der Waals surface area contributed by atoms with Crippen LogP contribution in [-0.2, 0) is 19.2 Å². The summed E-state index contributed by atoms with van der Waals surface area (Å²) in [5, 5.41) is 18.2.